The molecule has 82 valence electrons. The van der Waals surface area contributed by atoms with Crippen molar-refractivity contribution in [3.05, 3.63) is 0 Å². The average Bonchev–Trinajstić information content (AvgIpc) is 2.07. The van der Waals surface area contributed by atoms with Crippen LogP contribution in [0.4, 0.5) is 8.78 Å². The molecular formula is C9H15F2NO2. The van der Waals surface area contributed by atoms with Crippen LogP contribution in [0.15, 0.2) is 0 Å². The minimum atomic E-state index is -3.31. The lowest BCUT2D eigenvalue weighted by Crippen LogP contribution is -2.45. The molecule has 0 spiro atoms. The summed E-state index contributed by atoms with van der Waals surface area (Å²) in [6.07, 6.45) is 1.94. The standard InChI is InChI=1S/C9H15F2NO2/c1-9(10,11)8(14)12-6-2-4-7(13)5-3-6/h6-7,13H,2-5H2,1H3,(H,12,14). The highest BCUT2D eigenvalue weighted by atomic mass is 19.3. The van der Waals surface area contributed by atoms with Crippen LogP contribution in [0, 0.1) is 0 Å². The summed E-state index contributed by atoms with van der Waals surface area (Å²) in [5.41, 5.74) is 0. The minimum Gasteiger partial charge on any atom is -0.393 e. The van der Waals surface area contributed by atoms with Gasteiger partial charge in [-0.2, -0.15) is 8.78 Å². The summed E-state index contributed by atoms with van der Waals surface area (Å²) in [4.78, 5) is 10.9. The van der Waals surface area contributed by atoms with Crippen LogP contribution in [0.2, 0.25) is 0 Å². The fraction of sp³-hybridized carbons (Fsp3) is 0.889. The number of rotatable bonds is 2. The summed E-state index contributed by atoms with van der Waals surface area (Å²) in [5.74, 6) is -4.53. The van der Waals surface area contributed by atoms with Crippen LogP contribution >= 0.6 is 0 Å². The molecule has 0 heterocycles. The van der Waals surface area contributed by atoms with Gasteiger partial charge in [0.2, 0.25) is 0 Å². The summed E-state index contributed by atoms with van der Waals surface area (Å²) < 4.78 is 25.0. The van der Waals surface area contributed by atoms with Crippen molar-refractivity contribution < 1.29 is 18.7 Å². The van der Waals surface area contributed by atoms with E-state index in [2.05, 4.69) is 5.32 Å². The van der Waals surface area contributed by atoms with Gasteiger partial charge in [-0.25, -0.2) is 0 Å². The van der Waals surface area contributed by atoms with E-state index in [9.17, 15) is 13.6 Å². The van der Waals surface area contributed by atoms with E-state index in [1.165, 1.54) is 0 Å². The Morgan fingerprint density at radius 3 is 2.29 bits per heavy atom. The van der Waals surface area contributed by atoms with E-state index in [1.807, 2.05) is 0 Å². The lowest BCUT2D eigenvalue weighted by Gasteiger charge is -2.27. The average molecular weight is 207 g/mol. The van der Waals surface area contributed by atoms with Crippen molar-refractivity contribution >= 4 is 5.91 Å². The number of aliphatic hydroxyl groups excluding tert-OH is 1. The van der Waals surface area contributed by atoms with Gasteiger partial charge in [-0.05, 0) is 25.7 Å². The molecule has 0 aliphatic heterocycles. The highest BCUT2D eigenvalue weighted by Gasteiger charge is 2.34. The molecule has 0 aromatic heterocycles. The van der Waals surface area contributed by atoms with E-state index < -0.39 is 11.8 Å². The molecule has 1 fully saturated rings. The number of hydrogen-bond acceptors (Lipinski definition) is 2. The number of carbonyl (C=O) groups excluding carboxylic acids is 1. The molecule has 0 bridgehead atoms. The SMILES string of the molecule is CC(F)(F)C(=O)NC1CCC(O)CC1. The van der Waals surface area contributed by atoms with Crippen LogP contribution in [-0.4, -0.2) is 29.1 Å². The van der Waals surface area contributed by atoms with Crippen molar-refractivity contribution in [1.29, 1.82) is 0 Å². The Labute approximate surface area is 81.5 Å². The predicted octanol–water partition coefficient (Wildman–Crippen LogP) is 1.06. The highest BCUT2D eigenvalue weighted by Crippen LogP contribution is 2.20. The molecule has 0 saturated heterocycles. The number of alkyl halides is 2. The molecule has 0 aromatic carbocycles. The van der Waals surface area contributed by atoms with Crippen molar-refractivity contribution in [3.63, 3.8) is 0 Å². The van der Waals surface area contributed by atoms with Crippen molar-refractivity contribution in [1.82, 2.24) is 5.32 Å². The summed E-state index contributed by atoms with van der Waals surface area (Å²) in [6, 6.07) is -0.211. The second kappa shape index (κ2) is 4.21. The van der Waals surface area contributed by atoms with E-state index >= 15 is 0 Å². The Morgan fingerprint density at radius 1 is 1.36 bits per heavy atom. The molecule has 14 heavy (non-hydrogen) atoms. The molecule has 1 rings (SSSR count). The number of amides is 1. The third-order valence-corrected chi connectivity index (χ3v) is 2.43. The summed E-state index contributed by atoms with van der Waals surface area (Å²) in [5, 5.41) is 11.4. The van der Waals surface area contributed by atoms with E-state index in [1.54, 1.807) is 0 Å². The van der Waals surface area contributed by atoms with Crippen LogP contribution in [-0.2, 0) is 4.79 Å². The number of aliphatic hydroxyl groups is 1. The number of carbonyl (C=O) groups is 1. The van der Waals surface area contributed by atoms with Gasteiger partial charge in [0, 0.05) is 13.0 Å². The zero-order valence-electron chi connectivity index (χ0n) is 8.09. The Bertz CT molecular complexity index is 207. The number of halogens is 2. The predicted molar refractivity (Wildman–Crippen MR) is 47.0 cm³/mol. The quantitative estimate of drug-likeness (QED) is 0.711. The van der Waals surface area contributed by atoms with Gasteiger partial charge in [0.1, 0.15) is 0 Å². The summed E-state index contributed by atoms with van der Waals surface area (Å²) >= 11 is 0. The van der Waals surface area contributed by atoms with Crippen LogP contribution < -0.4 is 5.32 Å². The first-order valence-corrected chi connectivity index (χ1v) is 4.76. The molecule has 0 unspecified atom stereocenters. The lowest BCUT2D eigenvalue weighted by atomic mass is 9.93. The first-order chi connectivity index (χ1) is 6.39. The Morgan fingerprint density at radius 2 is 1.86 bits per heavy atom. The molecule has 0 aromatic rings. The topological polar surface area (TPSA) is 49.3 Å². The maximum Gasteiger partial charge on any atom is 0.321 e. The van der Waals surface area contributed by atoms with Gasteiger partial charge in [0.15, 0.2) is 0 Å². The molecule has 0 atom stereocenters. The molecule has 1 amide bonds. The first kappa shape index (κ1) is 11.4. The maximum atomic E-state index is 12.5. The minimum absolute atomic E-state index is 0.211. The first-order valence-electron chi connectivity index (χ1n) is 4.76. The van der Waals surface area contributed by atoms with Gasteiger partial charge in [-0.3, -0.25) is 4.79 Å². The van der Waals surface area contributed by atoms with E-state index in [0.717, 1.165) is 0 Å². The summed E-state index contributed by atoms with van der Waals surface area (Å²) in [6.45, 7) is 0.583. The lowest BCUT2D eigenvalue weighted by molar-refractivity contribution is -0.144. The largest absolute Gasteiger partial charge is 0.393 e. The molecule has 1 saturated carbocycles. The smallest absolute Gasteiger partial charge is 0.321 e. The van der Waals surface area contributed by atoms with Gasteiger partial charge >= 0.3 is 5.92 Å². The second-order valence-electron chi connectivity index (χ2n) is 3.87. The van der Waals surface area contributed by atoms with Crippen molar-refractivity contribution in [2.45, 2.75) is 50.7 Å². The Balaban J connectivity index is 2.35. The Hall–Kier alpha value is -0.710. The molecular weight excluding hydrogens is 192 g/mol. The van der Waals surface area contributed by atoms with Gasteiger partial charge in [-0.1, -0.05) is 0 Å². The van der Waals surface area contributed by atoms with Gasteiger partial charge in [0.05, 0.1) is 6.10 Å². The van der Waals surface area contributed by atoms with Crippen LogP contribution in [0.5, 0.6) is 0 Å². The number of hydrogen-bond donors (Lipinski definition) is 2. The molecule has 1 aliphatic rings. The van der Waals surface area contributed by atoms with Crippen molar-refractivity contribution in [3.8, 4) is 0 Å². The molecule has 5 heteroatoms. The fourth-order valence-electron chi connectivity index (χ4n) is 1.53. The normalized spacial score (nSPS) is 28.6. The molecule has 1 aliphatic carbocycles. The summed E-state index contributed by atoms with van der Waals surface area (Å²) in [7, 11) is 0. The van der Waals surface area contributed by atoms with Crippen LogP contribution in [0.25, 0.3) is 0 Å². The zero-order valence-corrected chi connectivity index (χ0v) is 8.09. The van der Waals surface area contributed by atoms with Gasteiger partial charge in [-0.15, -0.1) is 0 Å². The third-order valence-electron chi connectivity index (χ3n) is 2.43. The highest BCUT2D eigenvalue weighted by molar-refractivity contribution is 5.83. The van der Waals surface area contributed by atoms with E-state index in [4.69, 9.17) is 5.11 Å². The van der Waals surface area contributed by atoms with Gasteiger partial charge in [0.25, 0.3) is 5.91 Å². The van der Waals surface area contributed by atoms with E-state index in [0.29, 0.717) is 32.6 Å². The van der Waals surface area contributed by atoms with Gasteiger partial charge < -0.3 is 10.4 Å². The van der Waals surface area contributed by atoms with Crippen LogP contribution in [0.1, 0.15) is 32.6 Å². The zero-order chi connectivity index (χ0) is 10.8. The molecule has 3 nitrogen and oxygen atoms in total. The fourth-order valence-corrected chi connectivity index (χ4v) is 1.53. The second-order valence-corrected chi connectivity index (χ2v) is 3.87. The maximum absolute atomic E-state index is 12.5. The third kappa shape index (κ3) is 3.21. The molecule has 0 radical (unpaired) electrons. The van der Waals surface area contributed by atoms with E-state index in [-0.39, 0.29) is 12.1 Å². The Kier molecular flexibility index (Phi) is 3.42. The van der Waals surface area contributed by atoms with Crippen molar-refractivity contribution in [2.24, 2.45) is 0 Å². The number of nitrogens with one attached hydrogen (secondary N) is 1. The van der Waals surface area contributed by atoms with Crippen LogP contribution in [0.3, 0.4) is 0 Å². The molecule has 2 N–H and O–H groups in total. The monoisotopic (exact) mass is 207 g/mol. The van der Waals surface area contributed by atoms with Crippen molar-refractivity contribution in [2.75, 3.05) is 0 Å².